The molecule has 0 aliphatic heterocycles. The van der Waals surface area contributed by atoms with Crippen LogP contribution in [0, 0.1) is 0 Å². The van der Waals surface area contributed by atoms with E-state index in [0.29, 0.717) is 17.1 Å². The summed E-state index contributed by atoms with van der Waals surface area (Å²) in [4.78, 5) is 29.5. The van der Waals surface area contributed by atoms with E-state index in [9.17, 15) is 4.79 Å². The van der Waals surface area contributed by atoms with E-state index in [1.807, 2.05) is 56.4 Å². The van der Waals surface area contributed by atoms with Gasteiger partial charge in [0.2, 0.25) is 0 Å². The van der Waals surface area contributed by atoms with Crippen molar-refractivity contribution in [1.29, 1.82) is 0 Å². The van der Waals surface area contributed by atoms with E-state index in [1.165, 1.54) is 11.9 Å². The van der Waals surface area contributed by atoms with Crippen LogP contribution in [0.1, 0.15) is 20.8 Å². The number of anilines is 1. The van der Waals surface area contributed by atoms with Crippen molar-refractivity contribution in [3.63, 3.8) is 0 Å². The molecule has 0 aliphatic rings. The van der Waals surface area contributed by atoms with E-state index in [1.54, 1.807) is 29.7 Å². The van der Waals surface area contributed by atoms with Crippen molar-refractivity contribution < 1.29 is 14.3 Å². The van der Waals surface area contributed by atoms with Crippen LogP contribution in [-0.2, 0) is 11.2 Å². The molecule has 0 fully saturated rings. The molecule has 7 nitrogen and oxygen atoms in total. The number of hydrogen-bond acceptors (Lipinski definition) is 8. The Hall–Kier alpha value is -4.40. The number of para-hydroxylation sites is 1. The lowest BCUT2D eigenvalue weighted by Crippen LogP contribution is -1.97. The monoisotopic (exact) mass is 512 g/mol. The smallest absolute Gasteiger partial charge is 0.153 e. The quantitative estimate of drug-likeness (QED) is 0.258. The summed E-state index contributed by atoms with van der Waals surface area (Å²) in [6.07, 6.45) is 5.32. The molecule has 0 saturated heterocycles. The first-order chi connectivity index (χ1) is 18.2. The van der Waals surface area contributed by atoms with Crippen molar-refractivity contribution in [1.82, 2.24) is 9.97 Å². The Morgan fingerprint density at radius 2 is 1.78 bits per heavy atom. The van der Waals surface area contributed by atoms with Crippen molar-refractivity contribution in [3.8, 4) is 22.1 Å². The van der Waals surface area contributed by atoms with E-state index in [-0.39, 0.29) is 0 Å². The average molecular weight is 513 g/mol. The molecule has 188 valence electrons. The number of nitrogens with zero attached hydrogens (tertiary/aromatic N) is 2. The van der Waals surface area contributed by atoms with Gasteiger partial charge in [-0.25, -0.2) is 4.98 Å². The number of aldehydes is 1. The van der Waals surface area contributed by atoms with Crippen molar-refractivity contribution in [2.24, 2.45) is 5.73 Å². The van der Waals surface area contributed by atoms with Gasteiger partial charge < -0.3 is 20.6 Å². The van der Waals surface area contributed by atoms with Crippen LogP contribution in [0.25, 0.3) is 21.5 Å². The number of carbonyl (C=O) groups excluding carboxylic acids is 2. The molecule has 2 aromatic heterocycles. The van der Waals surface area contributed by atoms with Gasteiger partial charge in [-0.3, -0.25) is 9.78 Å². The molecule has 8 heteroatoms. The fourth-order valence-corrected chi connectivity index (χ4v) is 4.64. The van der Waals surface area contributed by atoms with Gasteiger partial charge in [-0.05, 0) is 61.1 Å². The SMILES string of the molecule is C=O.CN.CNc1cc(Cc2cnc(-c3ccc4ncccc4c3)s2)ccc1Oc1ccccc1C=O. The van der Waals surface area contributed by atoms with Crippen molar-refractivity contribution in [2.45, 2.75) is 6.42 Å². The topological polar surface area (TPSA) is 107 Å². The Morgan fingerprint density at radius 1 is 0.973 bits per heavy atom. The molecular formula is C29H28N4O3S. The number of rotatable bonds is 7. The van der Waals surface area contributed by atoms with Crippen molar-refractivity contribution in [2.75, 3.05) is 19.4 Å². The van der Waals surface area contributed by atoms with E-state index in [2.05, 4.69) is 45.3 Å². The summed E-state index contributed by atoms with van der Waals surface area (Å²) in [5, 5.41) is 5.30. The summed E-state index contributed by atoms with van der Waals surface area (Å²) in [5.41, 5.74) is 9.11. The van der Waals surface area contributed by atoms with Gasteiger partial charge in [0.05, 0.1) is 16.8 Å². The molecule has 0 atom stereocenters. The van der Waals surface area contributed by atoms with Crippen molar-refractivity contribution >= 4 is 41.0 Å². The van der Waals surface area contributed by atoms with E-state index in [0.717, 1.165) is 45.4 Å². The molecule has 0 aliphatic carbocycles. The Balaban J connectivity index is 0.000000907. The highest BCUT2D eigenvalue weighted by atomic mass is 32.1. The third kappa shape index (κ3) is 6.63. The van der Waals surface area contributed by atoms with Gasteiger partial charge in [-0.1, -0.05) is 24.3 Å². The van der Waals surface area contributed by atoms with Gasteiger partial charge in [0, 0.05) is 41.7 Å². The van der Waals surface area contributed by atoms with E-state index >= 15 is 0 Å². The Bertz CT molecular complexity index is 1470. The molecular weight excluding hydrogens is 484 g/mol. The number of nitrogens with two attached hydrogens (primary N) is 1. The zero-order valence-electron chi connectivity index (χ0n) is 20.7. The number of nitrogens with one attached hydrogen (secondary N) is 1. The third-order valence-corrected chi connectivity index (χ3v) is 6.41. The van der Waals surface area contributed by atoms with Gasteiger partial charge in [0.1, 0.15) is 17.5 Å². The van der Waals surface area contributed by atoms with Crippen LogP contribution >= 0.6 is 11.3 Å². The van der Waals surface area contributed by atoms with Gasteiger partial charge >= 0.3 is 0 Å². The zero-order valence-corrected chi connectivity index (χ0v) is 21.5. The van der Waals surface area contributed by atoms with E-state index < -0.39 is 0 Å². The summed E-state index contributed by atoms with van der Waals surface area (Å²) in [7, 11) is 3.36. The van der Waals surface area contributed by atoms with E-state index in [4.69, 9.17) is 9.53 Å². The lowest BCUT2D eigenvalue weighted by Gasteiger charge is -2.13. The van der Waals surface area contributed by atoms with Gasteiger partial charge in [0.25, 0.3) is 0 Å². The molecule has 37 heavy (non-hydrogen) atoms. The molecule has 0 radical (unpaired) electrons. The van der Waals surface area contributed by atoms with Crippen LogP contribution in [0.5, 0.6) is 11.5 Å². The highest BCUT2D eigenvalue weighted by Crippen LogP contribution is 2.33. The summed E-state index contributed by atoms with van der Waals surface area (Å²) in [6, 6.07) is 23.5. The molecule has 2 heterocycles. The largest absolute Gasteiger partial charge is 0.454 e. The lowest BCUT2D eigenvalue weighted by atomic mass is 10.1. The molecule has 0 spiro atoms. The first-order valence-corrected chi connectivity index (χ1v) is 12.2. The molecule has 5 rings (SSSR count). The number of benzene rings is 3. The molecule has 3 N–H and O–H groups in total. The number of pyridine rings is 1. The van der Waals surface area contributed by atoms with Gasteiger partial charge in [0.15, 0.2) is 12.0 Å². The second kappa shape index (κ2) is 13.6. The maximum atomic E-state index is 11.3. The highest BCUT2D eigenvalue weighted by Gasteiger charge is 2.11. The summed E-state index contributed by atoms with van der Waals surface area (Å²) < 4.78 is 6.02. The van der Waals surface area contributed by atoms with Crippen molar-refractivity contribution in [3.05, 3.63) is 101 Å². The second-order valence-corrected chi connectivity index (χ2v) is 8.67. The average Bonchev–Trinajstić information content (AvgIpc) is 3.44. The minimum Gasteiger partial charge on any atom is -0.454 e. The second-order valence-electron chi connectivity index (χ2n) is 7.56. The molecule has 0 bridgehead atoms. The maximum Gasteiger partial charge on any atom is 0.153 e. The Labute approximate surface area is 220 Å². The van der Waals surface area contributed by atoms with Crippen LogP contribution < -0.4 is 15.8 Å². The lowest BCUT2D eigenvalue weighted by molar-refractivity contribution is -0.0980. The number of hydrogen-bond donors (Lipinski definition) is 2. The number of ether oxygens (including phenoxy) is 1. The fraction of sp³-hybridized carbons (Fsp3) is 0.103. The first-order valence-electron chi connectivity index (χ1n) is 11.4. The number of aromatic nitrogens is 2. The van der Waals surface area contributed by atoms with Gasteiger partial charge in [-0.2, -0.15) is 0 Å². The standard InChI is InChI=1S/C27H21N3O2S.CH5N.CH2O/c1-28-24-14-18(8-11-26(24)32-25-7-3-2-5-21(25)17-31)13-22-16-30-27(33-22)20-9-10-23-19(15-20)6-4-12-29-23;2*1-2/h2-12,14-17,28H,13H2,1H3;2H2,1H3;1H2. The molecule has 0 saturated carbocycles. The highest BCUT2D eigenvalue weighted by molar-refractivity contribution is 7.15. The Morgan fingerprint density at radius 3 is 2.57 bits per heavy atom. The predicted octanol–water partition coefficient (Wildman–Crippen LogP) is 5.99. The maximum absolute atomic E-state index is 11.3. The van der Waals surface area contributed by atoms with Crippen LogP contribution in [0.15, 0.2) is 85.2 Å². The zero-order chi connectivity index (χ0) is 26.6. The minimum atomic E-state index is 0.519. The summed E-state index contributed by atoms with van der Waals surface area (Å²) in [6.45, 7) is 2.00. The van der Waals surface area contributed by atoms with Crippen LogP contribution in [-0.4, -0.2) is 37.1 Å². The normalized spacial score (nSPS) is 9.92. The molecule has 0 amide bonds. The molecule has 3 aromatic carbocycles. The summed E-state index contributed by atoms with van der Waals surface area (Å²) >= 11 is 1.69. The molecule has 0 unspecified atom stereocenters. The number of thiazole rings is 1. The Kier molecular flexibility index (Phi) is 10.0. The fourth-order valence-electron chi connectivity index (χ4n) is 3.69. The third-order valence-electron chi connectivity index (χ3n) is 5.36. The summed E-state index contributed by atoms with van der Waals surface area (Å²) in [5.74, 6) is 1.21. The number of carbonyl (C=O) groups is 2. The van der Waals surface area contributed by atoms with Crippen LogP contribution in [0.2, 0.25) is 0 Å². The van der Waals surface area contributed by atoms with Crippen LogP contribution in [0.3, 0.4) is 0 Å². The molecule has 5 aromatic rings. The first kappa shape index (κ1) is 27.2. The van der Waals surface area contributed by atoms with Gasteiger partial charge in [-0.15, -0.1) is 11.3 Å². The predicted molar refractivity (Wildman–Crippen MR) is 151 cm³/mol. The minimum absolute atomic E-state index is 0.519. The van der Waals surface area contributed by atoms with Crippen LogP contribution in [0.4, 0.5) is 5.69 Å². The number of fused-ring (bicyclic) bond motifs is 1.